The van der Waals surface area contributed by atoms with Crippen LogP contribution in [0.15, 0.2) is 40.8 Å². The van der Waals surface area contributed by atoms with Crippen molar-refractivity contribution in [3.63, 3.8) is 0 Å². The van der Waals surface area contributed by atoms with Crippen molar-refractivity contribution < 1.29 is 9.47 Å². The number of methoxy groups -OCH3 is 2. The van der Waals surface area contributed by atoms with E-state index in [4.69, 9.17) is 44.3 Å². The predicted molar refractivity (Wildman–Crippen MR) is 113 cm³/mol. The van der Waals surface area contributed by atoms with Crippen molar-refractivity contribution >= 4 is 57.5 Å². The van der Waals surface area contributed by atoms with Gasteiger partial charge in [0.15, 0.2) is 5.75 Å². The number of hydrogen-bond acceptors (Lipinski definition) is 6. The summed E-state index contributed by atoms with van der Waals surface area (Å²) in [6.07, 6.45) is 1.55. The standard InChI is InChI=1S/C18H14Cl3N3O2S/c1-25-16-11(7-13(20)17(26-2)15(16)21)8-22-24-18-23-14(9-27-18)10-3-5-12(19)6-4-10/h3-9H,1-2H3,(H,23,24)/b22-8-. The van der Waals surface area contributed by atoms with Gasteiger partial charge in [0, 0.05) is 21.5 Å². The molecule has 9 heteroatoms. The minimum atomic E-state index is 0.285. The van der Waals surface area contributed by atoms with Crippen molar-refractivity contribution in [2.45, 2.75) is 0 Å². The van der Waals surface area contributed by atoms with E-state index in [9.17, 15) is 0 Å². The fraction of sp³-hybridized carbons (Fsp3) is 0.111. The average Bonchev–Trinajstić information content (AvgIpc) is 3.11. The molecule has 2 aromatic carbocycles. The Kier molecular flexibility index (Phi) is 6.44. The Morgan fingerprint density at radius 2 is 1.78 bits per heavy atom. The van der Waals surface area contributed by atoms with E-state index in [0.717, 1.165) is 11.3 Å². The van der Waals surface area contributed by atoms with E-state index in [2.05, 4.69) is 15.5 Å². The summed E-state index contributed by atoms with van der Waals surface area (Å²) in [4.78, 5) is 4.49. The number of nitrogens with one attached hydrogen (secondary N) is 1. The molecule has 0 radical (unpaired) electrons. The van der Waals surface area contributed by atoms with E-state index < -0.39 is 0 Å². The first-order valence-corrected chi connectivity index (χ1v) is 9.65. The van der Waals surface area contributed by atoms with E-state index >= 15 is 0 Å². The molecule has 140 valence electrons. The molecule has 1 aromatic heterocycles. The minimum absolute atomic E-state index is 0.285. The molecule has 1 heterocycles. The first-order chi connectivity index (χ1) is 13.0. The van der Waals surface area contributed by atoms with Gasteiger partial charge in [0.25, 0.3) is 0 Å². The van der Waals surface area contributed by atoms with Crippen LogP contribution in [-0.2, 0) is 0 Å². The zero-order valence-electron chi connectivity index (χ0n) is 14.3. The van der Waals surface area contributed by atoms with Crippen LogP contribution in [0.2, 0.25) is 15.1 Å². The summed E-state index contributed by atoms with van der Waals surface area (Å²) in [7, 11) is 3.00. The van der Waals surface area contributed by atoms with Gasteiger partial charge >= 0.3 is 0 Å². The molecule has 0 saturated carbocycles. The van der Waals surface area contributed by atoms with Crippen molar-refractivity contribution in [3.8, 4) is 22.8 Å². The van der Waals surface area contributed by atoms with E-state index in [1.165, 1.54) is 25.6 Å². The number of rotatable bonds is 6. The molecule has 0 spiro atoms. The second-order valence-electron chi connectivity index (χ2n) is 5.24. The van der Waals surface area contributed by atoms with E-state index in [1.807, 2.05) is 29.6 Å². The number of ether oxygens (including phenoxy) is 2. The van der Waals surface area contributed by atoms with Crippen LogP contribution in [0.5, 0.6) is 11.5 Å². The maximum absolute atomic E-state index is 6.26. The van der Waals surface area contributed by atoms with Crippen LogP contribution in [-0.4, -0.2) is 25.4 Å². The maximum Gasteiger partial charge on any atom is 0.203 e. The highest BCUT2D eigenvalue weighted by molar-refractivity contribution is 7.14. The molecular formula is C18H14Cl3N3O2S. The molecule has 3 rings (SSSR count). The molecule has 0 amide bonds. The normalized spacial score (nSPS) is 11.0. The third-order valence-corrected chi connectivity index (χ3v) is 5.20. The molecule has 0 fully saturated rings. The molecule has 3 aromatic rings. The Balaban J connectivity index is 1.77. The van der Waals surface area contributed by atoms with Crippen molar-refractivity contribution in [2.75, 3.05) is 19.6 Å². The molecule has 1 N–H and O–H groups in total. The van der Waals surface area contributed by atoms with Gasteiger partial charge in [0.2, 0.25) is 5.13 Å². The lowest BCUT2D eigenvalue weighted by Gasteiger charge is -2.12. The van der Waals surface area contributed by atoms with Crippen LogP contribution in [0, 0.1) is 0 Å². The minimum Gasteiger partial charge on any atom is -0.494 e. The number of nitrogens with zero attached hydrogens (tertiary/aromatic N) is 2. The first kappa shape index (κ1) is 19.8. The van der Waals surface area contributed by atoms with Crippen molar-refractivity contribution in [2.24, 2.45) is 5.10 Å². The molecule has 0 bridgehead atoms. The van der Waals surface area contributed by atoms with Crippen molar-refractivity contribution in [1.82, 2.24) is 4.98 Å². The third-order valence-electron chi connectivity index (χ3n) is 3.58. The summed E-state index contributed by atoms with van der Waals surface area (Å²) in [5.74, 6) is 0.775. The van der Waals surface area contributed by atoms with Gasteiger partial charge in [-0.1, -0.05) is 46.9 Å². The van der Waals surface area contributed by atoms with Gasteiger partial charge in [-0.05, 0) is 18.2 Å². The Morgan fingerprint density at radius 3 is 2.44 bits per heavy atom. The lowest BCUT2D eigenvalue weighted by Crippen LogP contribution is -1.97. The monoisotopic (exact) mass is 441 g/mol. The molecule has 5 nitrogen and oxygen atoms in total. The van der Waals surface area contributed by atoms with Crippen LogP contribution in [0.4, 0.5) is 5.13 Å². The summed E-state index contributed by atoms with van der Waals surface area (Å²) in [6.45, 7) is 0. The van der Waals surface area contributed by atoms with Gasteiger partial charge in [-0.25, -0.2) is 4.98 Å². The quantitative estimate of drug-likeness (QED) is 0.363. The zero-order valence-corrected chi connectivity index (χ0v) is 17.4. The highest BCUT2D eigenvalue weighted by atomic mass is 35.5. The predicted octanol–water partition coefficient (Wildman–Crippen LogP) is 6.23. The number of anilines is 1. The number of hydrogen-bond donors (Lipinski definition) is 1. The Morgan fingerprint density at radius 1 is 1.07 bits per heavy atom. The average molecular weight is 443 g/mol. The fourth-order valence-electron chi connectivity index (χ4n) is 2.33. The highest BCUT2D eigenvalue weighted by Gasteiger charge is 2.16. The number of thiazole rings is 1. The smallest absolute Gasteiger partial charge is 0.203 e. The number of aromatic nitrogens is 1. The lowest BCUT2D eigenvalue weighted by atomic mass is 10.2. The molecule has 0 aliphatic rings. The molecule has 0 unspecified atom stereocenters. The van der Waals surface area contributed by atoms with Crippen LogP contribution >= 0.6 is 46.1 Å². The molecule has 0 saturated heterocycles. The molecule has 0 atom stereocenters. The van der Waals surface area contributed by atoms with Gasteiger partial charge in [0.05, 0.1) is 31.2 Å². The highest BCUT2D eigenvalue weighted by Crippen LogP contribution is 2.41. The van der Waals surface area contributed by atoms with Crippen molar-refractivity contribution in [3.05, 3.63) is 56.3 Å². The zero-order chi connectivity index (χ0) is 19.4. The summed E-state index contributed by atoms with van der Waals surface area (Å²) in [5, 5.41) is 8.10. The van der Waals surface area contributed by atoms with E-state index in [1.54, 1.807) is 12.3 Å². The molecule has 0 aliphatic heterocycles. The van der Waals surface area contributed by atoms with Gasteiger partial charge in [0.1, 0.15) is 10.8 Å². The van der Waals surface area contributed by atoms with Crippen molar-refractivity contribution in [1.29, 1.82) is 0 Å². The second kappa shape index (κ2) is 8.80. The molecular weight excluding hydrogens is 429 g/mol. The number of benzene rings is 2. The largest absolute Gasteiger partial charge is 0.494 e. The third kappa shape index (κ3) is 4.47. The van der Waals surface area contributed by atoms with E-state index in [-0.39, 0.29) is 5.02 Å². The van der Waals surface area contributed by atoms with Crippen LogP contribution in [0.3, 0.4) is 0 Å². The van der Waals surface area contributed by atoms with Gasteiger partial charge in [-0.2, -0.15) is 5.10 Å². The summed E-state index contributed by atoms with van der Waals surface area (Å²) >= 11 is 19.8. The lowest BCUT2D eigenvalue weighted by molar-refractivity contribution is 0.394. The number of hydrazone groups is 1. The van der Waals surface area contributed by atoms with Gasteiger partial charge < -0.3 is 9.47 Å². The van der Waals surface area contributed by atoms with E-state index in [0.29, 0.717) is 32.2 Å². The Bertz CT molecular complexity index is 975. The van der Waals surface area contributed by atoms with Crippen LogP contribution in [0.25, 0.3) is 11.3 Å². The van der Waals surface area contributed by atoms with Gasteiger partial charge in [-0.3, -0.25) is 5.43 Å². The first-order valence-electron chi connectivity index (χ1n) is 7.64. The molecule has 27 heavy (non-hydrogen) atoms. The second-order valence-corrected chi connectivity index (χ2v) is 7.32. The maximum atomic E-state index is 6.26. The summed E-state index contributed by atoms with van der Waals surface area (Å²) < 4.78 is 10.5. The number of halogens is 3. The summed E-state index contributed by atoms with van der Waals surface area (Å²) in [5.41, 5.74) is 5.31. The van der Waals surface area contributed by atoms with Gasteiger partial charge in [-0.15, -0.1) is 11.3 Å². The summed E-state index contributed by atoms with van der Waals surface area (Å²) in [6, 6.07) is 9.14. The Hall–Kier alpha value is -1.99. The fourth-order valence-corrected chi connectivity index (χ4v) is 3.83. The topological polar surface area (TPSA) is 55.7 Å². The SMILES string of the molecule is COc1c(Cl)cc(/C=N\Nc2nc(-c3ccc(Cl)cc3)cs2)c(OC)c1Cl. The molecule has 0 aliphatic carbocycles. The Labute approximate surface area is 175 Å². The van der Waals surface area contributed by atoms with Crippen LogP contribution < -0.4 is 14.9 Å². The van der Waals surface area contributed by atoms with Crippen LogP contribution in [0.1, 0.15) is 5.56 Å².